The summed E-state index contributed by atoms with van der Waals surface area (Å²) in [6.45, 7) is 3.33. The molecule has 1 aliphatic carbocycles. The number of hydrogen-bond donors (Lipinski definition) is 2. The summed E-state index contributed by atoms with van der Waals surface area (Å²) in [4.78, 5) is 25.9. The van der Waals surface area contributed by atoms with Crippen LogP contribution in [0.15, 0.2) is 48.5 Å². The standard InChI is InChI=1S/C25H18Cl5FN2O2/c1-11-12(2)20(6-5-19(11)31)33-23(34)17-10-16(3-4-18(17)28)32-24(35)22-21(25(22,29)30)13-7-14(26)9-15(27)8-13/h3-10,21-22H,1-2H3,(H,32,35)(H,33,34)/t21-,22+/m1/s1. The number of alkyl halides is 2. The van der Waals surface area contributed by atoms with E-state index in [0.29, 0.717) is 38.1 Å². The van der Waals surface area contributed by atoms with Crippen molar-refractivity contribution in [2.24, 2.45) is 5.92 Å². The van der Waals surface area contributed by atoms with Crippen molar-refractivity contribution in [2.75, 3.05) is 10.6 Å². The molecule has 2 atom stereocenters. The van der Waals surface area contributed by atoms with E-state index >= 15 is 0 Å². The first-order valence-electron chi connectivity index (χ1n) is 10.4. The number of anilines is 2. The van der Waals surface area contributed by atoms with Gasteiger partial charge < -0.3 is 10.6 Å². The van der Waals surface area contributed by atoms with Gasteiger partial charge in [-0.3, -0.25) is 9.59 Å². The lowest BCUT2D eigenvalue weighted by atomic mass is 10.1. The molecule has 2 amide bonds. The molecule has 35 heavy (non-hydrogen) atoms. The summed E-state index contributed by atoms with van der Waals surface area (Å²) < 4.78 is 12.4. The largest absolute Gasteiger partial charge is 0.326 e. The zero-order valence-corrected chi connectivity index (χ0v) is 22.1. The highest BCUT2D eigenvalue weighted by molar-refractivity contribution is 6.53. The van der Waals surface area contributed by atoms with Crippen LogP contribution in [0.25, 0.3) is 0 Å². The summed E-state index contributed by atoms with van der Waals surface area (Å²) in [7, 11) is 0. The van der Waals surface area contributed by atoms with Crippen LogP contribution in [0.2, 0.25) is 15.1 Å². The molecule has 3 aromatic rings. The van der Waals surface area contributed by atoms with Crippen LogP contribution in [-0.2, 0) is 4.79 Å². The van der Waals surface area contributed by atoms with Crippen molar-refractivity contribution >= 4 is 81.2 Å². The lowest BCUT2D eigenvalue weighted by Crippen LogP contribution is -2.18. The number of hydrogen-bond acceptors (Lipinski definition) is 2. The molecule has 0 bridgehead atoms. The first kappa shape index (κ1) is 26.1. The Labute approximate surface area is 226 Å². The second kappa shape index (κ2) is 9.79. The average molecular weight is 575 g/mol. The predicted octanol–water partition coefficient (Wildman–Crippen LogP) is 8.18. The van der Waals surface area contributed by atoms with Gasteiger partial charge in [0, 0.05) is 27.3 Å². The Kier molecular flexibility index (Phi) is 7.29. The fourth-order valence-electron chi connectivity index (χ4n) is 3.93. The topological polar surface area (TPSA) is 58.2 Å². The third-order valence-corrected chi connectivity index (χ3v) is 7.73. The molecule has 0 aromatic heterocycles. The molecule has 2 N–H and O–H groups in total. The Morgan fingerprint density at radius 2 is 1.54 bits per heavy atom. The van der Waals surface area contributed by atoms with Crippen molar-refractivity contribution in [1.82, 2.24) is 0 Å². The third-order valence-electron chi connectivity index (χ3n) is 6.03. The molecule has 0 spiro atoms. The van der Waals surface area contributed by atoms with Crippen LogP contribution in [0.1, 0.15) is 33.0 Å². The van der Waals surface area contributed by atoms with E-state index in [-0.39, 0.29) is 16.4 Å². The van der Waals surface area contributed by atoms with Gasteiger partial charge in [0.05, 0.1) is 16.5 Å². The fourth-order valence-corrected chi connectivity index (χ4v) is 5.51. The van der Waals surface area contributed by atoms with Gasteiger partial charge in [0.15, 0.2) is 0 Å². The SMILES string of the molecule is Cc1c(F)ccc(NC(=O)c2cc(NC(=O)[C@@H]3[C@@H](c4cc(Cl)cc(Cl)c4)C3(Cl)Cl)ccc2Cl)c1C. The predicted molar refractivity (Wildman–Crippen MR) is 141 cm³/mol. The third kappa shape index (κ3) is 5.25. The summed E-state index contributed by atoms with van der Waals surface area (Å²) >= 11 is 31.2. The Morgan fingerprint density at radius 1 is 0.886 bits per heavy atom. The summed E-state index contributed by atoms with van der Waals surface area (Å²) in [6, 6.07) is 12.1. The number of halogens is 6. The Balaban J connectivity index is 1.52. The molecule has 1 saturated carbocycles. The van der Waals surface area contributed by atoms with E-state index in [1.807, 2.05) is 0 Å². The summed E-state index contributed by atoms with van der Waals surface area (Å²) in [5.41, 5.74) is 2.59. The van der Waals surface area contributed by atoms with Gasteiger partial charge in [0.25, 0.3) is 5.91 Å². The second-order valence-corrected chi connectivity index (χ2v) is 11.0. The van der Waals surface area contributed by atoms with Crippen LogP contribution in [-0.4, -0.2) is 16.1 Å². The fraction of sp³-hybridized carbons (Fsp3) is 0.200. The van der Waals surface area contributed by atoms with E-state index in [1.54, 1.807) is 38.1 Å². The lowest BCUT2D eigenvalue weighted by Gasteiger charge is -2.13. The molecule has 4 nitrogen and oxygen atoms in total. The molecule has 0 unspecified atom stereocenters. The molecule has 0 heterocycles. The van der Waals surface area contributed by atoms with Gasteiger partial charge in [-0.1, -0.05) is 34.8 Å². The van der Waals surface area contributed by atoms with E-state index in [2.05, 4.69) is 10.6 Å². The molecule has 0 saturated heterocycles. The first-order valence-corrected chi connectivity index (χ1v) is 12.3. The van der Waals surface area contributed by atoms with Gasteiger partial charge in [-0.05, 0) is 79.1 Å². The summed E-state index contributed by atoms with van der Waals surface area (Å²) in [5.74, 6) is -2.59. The molecule has 10 heteroatoms. The van der Waals surface area contributed by atoms with Crippen LogP contribution >= 0.6 is 58.0 Å². The minimum atomic E-state index is -1.34. The monoisotopic (exact) mass is 572 g/mol. The van der Waals surface area contributed by atoms with Crippen LogP contribution in [0, 0.1) is 25.6 Å². The first-order chi connectivity index (χ1) is 16.4. The number of benzene rings is 3. The molecule has 0 radical (unpaired) electrons. The maximum absolute atomic E-state index is 13.8. The zero-order valence-electron chi connectivity index (χ0n) is 18.4. The highest BCUT2D eigenvalue weighted by Crippen LogP contribution is 2.65. The smallest absolute Gasteiger partial charge is 0.257 e. The number of carbonyl (C=O) groups is 2. The Hall–Kier alpha value is -2.02. The van der Waals surface area contributed by atoms with E-state index < -0.39 is 28.0 Å². The van der Waals surface area contributed by atoms with Crippen molar-refractivity contribution < 1.29 is 14.0 Å². The van der Waals surface area contributed by atoms with Gasteiger partial charge in [0.1, 0.15) is 10.2 Å². The summed E-state index contributed by atoms with van der Waals surface area (Å²) in [6.07, 6.45) is 0. The van der Waals surface area contributed by atoms with Crippen LogP contribution < -0.4 is 10.6 Å². The van der Waals surface area contributed by atoms with Gasteiger partial charge in [0.2, 0.25) is 5.91 Å². The van der Waals surface area contributed by atoms with Crippen molar-refractivity contribution in [3.8, 4) is 0 Å². The average Bonchev–Trinajstić information content (AvgIpc) is 3.36. The van der Waals surface area contributed by atoms with Gasteiger partial charge in [-0.15, -0.1) is 23.2 Å². The van der Waals surface area contributed by atoms with Crippen molar-refractivity contribution in [1.29, 1.82) is 0 Å². The number of nitrogens with one attached hydrogen (secondary N) is 2. The molecule has 4 rings (SSSR count). The van der Waals surface area contributed by atoms with E-state index in [0.717, 1.165) is 0 Å². The quantitative estimate of drug-likeness (QED) is 0.302. The number of carbonyl (C=O) groups excluding carboxylic acids is 2. The maximum atomic E-state index is 13.8. The van der Waals surface area contributed by atoms with Gasteiger partial charge in [-0.25, -0.2) is 4.39 Å². The molecule has 182 valence electrons. The van der Waals surface area contributed by atoms with E-state index in [9.17, 15) is 14.0 Å². The molecule has 1 aliphatic rings. The second-order valence-electron chi connectivity index (χ2n) is 8.32. The minimum absolute atomic E-state index is 0.128. The van der Waals surface area contributed by atoms with E-state index in [4.69, 9.17) is 58.0 Å². The molecule has 1 fully saturated rings. The molecule has 0 aliphatic heterocycles. The minimum Gasteiger partial charge on any atom is -0.326 e. The van der Waals surface area contributed by atoms with Crippen molar-refractivity contribution in [2.45, 2.75) is 24.1 Å². The van der Waals surface area contributed by atoms with Gasteiger partial charge >= 0.3 is 0 Å². The van der Waals surface area contributed by atoms with Crippen molar-refractivity contribution in [3.05, 3.63) is 91.7 Å². The molecular weight excluding hydrogens is 557 g/mol. The highest BCUT2D eigenvalue weighted by atomic mass is 35.5. The molecular formula is C25H18Cl5FN2O2. The van der Waals surface area contributed by atoms with Crippen LogP contribution in [0.5, 0.6) is 0 Å². The summed E-state index contributed by atoms with van der Waals surface area (Å²) in [5, 5.41) is 6.46. The lowest BCUT2D eigenvalue weighted by molar-refractivity contribution is -0.117. The Morgan fingerprint density at radius 3 is 2.20 bits per heavy atom. The van der Waals surface area contributed by atoms with Gasteiger partial charge in [-0.2, -0.15) is 0 Å². The highest BCUT2D eigenvalue weighted by Gasteiger charge is 2.67. The maximum Gasteiger partial charge on any atom is 0.257 e. The molecule has 3 aromatic carbocycles. The number of amides is 2. The number of rotatable bonds is 5. The Bertz CT molecular complexity index is 1340. The van der Waals surface area contributed by atoms with Crippen LogP contribution in [0.4, 0.5) is 15.8 Å². The normalized spacial score (nSPS) is 18.2. The zero-order chi connectivity index (χ0) is 25.7. The van der Waals surface area contributed by atoms with E-state index in [1.165, 1.54) is 24.3 Å². The van der Waals surface area contributed by atoms with Crippen molar-refractivity contribution in [3.63, 3.8) is 0 Å². The van der Waals surface area contributed by atoms with Crippen LogP contribution in [0.3, 0.4) is 0 Å².